The van der Waals surface area contributed by atoms with Gasteiger partial charge in [-0.05, 0) is 17.5 Å². The predicted molar refractivity (Wildman–Crippen MR) is 54.9 cm³/mol. The topological polar surface area (TPSA) is 46.2 Å². The monoisotopic (exact) mass is 199 g/mol. The second kappa shape index (κ2) is 4.09. The van der Waals surface area contributed by atoms with Crippen LogP contribution in [-0.2, 0) is 6.42 Å². The molecule has 1 aliphatic carbocycles. The summed E-state index contributed by atoms with van der Waals surface area (Å²) in [5, 5.41) is 9.03. The molecule has 1 aliphatic rings. The van der Waals surface area contributed by atoms with Crippen LogP contribution in [0.15, 0.2) is 24.3 Å². The van der Waals surface area contributed by atoms with Crippen LogP contribution in [0.2, 0.25) is 0 Å². The van der Waals surface area contributed by atoms with Crippen LogP contribution in [0.25, 0.3) is 0 Å². The van der Waals surface area contributed by atoms with Crippen molar-refractivity contribution in [2.45, 2.75) is 12.5 Å². The van der Waals surface area contributed by atoms with E-state index in [2.05, 4.69) is 12.1 Å². The average molecular weight is 200 g/mol. The van der Waals surface area contributed by atoms with Gasteiger partial charge in [-0.3, -0.25) is 0 Å². The molecular formula is C10H14ClNO. The Labute approximate surface area is 84.2 Å². The minimum Gasteiger partial charge on any atom is -0.396 e. The smallest absolute Gasteiger partial charge is 0.0480 e. The summed E-state index contributed by atoms with van der Waals surface area (Å²) in [5.74, 6) is 0.224. The van der Waals surface area contributed by atoms with Gasteiger partial charge >= 0.3 is 0 Å². The molecule has 0 aromatic heterocycles. The maximum atomic E-state index is 9.03. The summed E-state index contributed by atoms with van der Waals surface area (Å²) in [4.78, 5) is 0. The zero-order chi connectivity index (χ0) is 8.55. The van der Waals surface area contributed by atoms with Crippen LogP contribution in [0.5, 0.6) is 0 Å². The number of halogens is 1. The minimum atomic E-state index is 0. The Hall–Kier alpha value is -0.570. The molecule has 3 N–H and O–H groups in total. The molecule has 0 spiro atoms. The SMILES string of the molecule is Cl.N[C@H]1c2ccccc2C[C@H]1CO. The molecule has 2 nitrogen and oxygen atoms in total. The highest BCUT2D eigenvalue weighted by atomic mass is 35.5. The van der Waals surface area contributed by atoms with E-state index in [1.165, 1.54) is 11.1 Å². The van der Waals surface area contributed by atoms with Gasteiger partial charge in [-0.15, -0.1) is 12.4 Å². The third-order valence-electron chi connectivity index (χ3n) is 2.64. The summed E-state index contributed by atoms with van der Waals surface area (Å²) in [6, 6.07) is 8.19. The van der Waals surface area contributed by atoms with Crippen molar-refractivity contribution in [3.05, 3.63) is 35.4 Å². The maximum absolute atomic E-state index is 9.03. The Morgan fingerprint density at radius 3 is 2.69 bits per heavy atom. The third kappa shape index (κ3) is 1.70. The number of aliphatic hydroxyl groups excluding tert-OH is 1. The van der Waals surface area contributed by atoms with E-state index in [1.807, 2.05) is 12.1 Å². The standard InChI is InChI=1S/C10H13NO.ClH/c11-10-8(6-12)5-7-3-1-2-4-9(7)10;/h1-4,8,10,12H,5-6,11H2;1H/t8-,10+;/m0./s1. The molecule has 0 unspecified atom stereocenters. The van der Waals surface area contributed by atoms with Gasteiger partial charge in [-0.2, -0.15) is 0 Å². The quantitative estimate of drug-likeness (QED) is 0.716. The molecule has 2 rings (SSSR count). The lowest BCUT2D eigenvalue weighted by Gasteiger charge is -2.11. The Morgan fingerprint density at radius 1 is 1.38 bits per heavy atom. The Kier molecular flexibility index (Phi) is 3.31. The fourth-order valence-electron chi connectivity index (χ4n) is 1.89. The summed E-state index contributed by atoms with van der Waals surface area (Å²) in [6.45, 7) is 0.190. The van der Waals surface area contributed by atoms with Crippen LogP contribution in [0.3, 0.4) is 0 Å². The van der Waals surface area contributed by atoms with Crippen LogP contribution in [0, 0.1) is 5.92 Å². The Balaban J connectivity index is 0.000000845. The summed E-state index contributed by atoms with van der Waals surface area (Å²) in [7, 11) is 0. The van der Waals surface area contributed by atoms with Crippen LogP contribution >= 0.6 is 12.4 Å². The van der Waals surface area contributed by atoms with E-state index in [1.54, 1.807) is 0 Å². The van der Waals surface area contributed by atoms with E-state index in [0.29, 0.717) is 0 Å². The molecule has 1 aromatic carbocycles. The Morgan fingerprint density at radius 2 is 2.08 bits per heavy atom. The van der Waals surface area contributed by atoms with Gasteiger partial charge in [0.1, 0.15) is 0 Å². The number of fused-ring (bicyclic) bond motifs is 1. The minimum absolute atomic E-state index is 0. The molecule has 2 atom stereocenters. The third-order valence-corrected chi connectivity index (χ3v) is 2.64. The van der Waals surface area contributed by atoms with E-state index >= 15 is 0 Å². The van der Waals surface area contributed by atoms with Crippen molar-refractivity contribution in [3.63, 3.8) is 0 Å². The molecule has 3 heteroatoms. The predicted octanol–water partition coefficient (Wildman–Crippen LogP) is 1.27. The number of aliphatic hydroxyl groups is 1. The molecule has 72 valence electrons. The lowest BCUT2D eigenvalue weighted by atomic mass is 10.0. The molecule has 13 heavy (non-hydrogen) atoms. The molecule has 0 heterocycles. The normalized spacial score (nSPS) is 25.1. The van der Waals surface area contributed by atoms with Crippen molar-refractivity contribution < 1.29 is 5.11 Å². The molecule has 0 saturated carbocycles. The zero-order valence-corrected chi connectivity index (χ0v) is 8.13. The van der Waals surface area contributed by atoms with Gasteiger partial charge in [0.15, 0.2) is 0 Å². The molecule has 0 fully saturated rings. The second-order valence-electron chi connectivity index (χ2n) is 3.37. The van der Waals surface area contributed by atoms with Crippen molar-refractivity contribution in [2.24, 2.45) is 11.7 Å². The van der Waals surface area contributed by atoms with E-state index in [4.69, 9.17) is 10.8 Å². The van der Waals surface area contributed by atoms with Crippen molar-refractivity contribution in [2.75, 3.05) is 6.61 Å². The van der Waals surface area contributed by atoms with Crippen molar-refractivity contribution in [3.8, 4) is 0 Å². The average Bonchev–Trinajstić information content (AvgIpc) is 2.44. The number of rotatable bonds is 1. The Bertz CT molecular complexity index is 290. The molecule has 0 aliphatic heterocycles. The van der Waals surface area contributed by atoms with Gasteiger partial charge in [-0.25, -0.2) is 0 Å². The van der Waals surface area contributed by atoms with Gasteiger partial charge in [-0.1, -0.05) is 24.3 Å². The first-order valence-corrected chi connectivity index (χ1v) is 4.27. The molecular weight excluding hydrogens is 186 g/mol. The summed E-state index contributed by atoms with van der Waals surface area (Å²) in [6.07, 6.45) is 0.924. The highest BCUT2D eigenvalue weighted by molar-refractivity contribution is 5.85. The first-order chi connectivity index (χ1) is 5.83. The van der Waals surface area contributed by atoms with Crippen molar-refractivity contribution in [1.82, 2.24) is 0 Å². The fourth-order valence-corrected chi connectivity index (χ4v) is 1.89. The number of hydrogen-bond donors (Lipinski definition) is 2. The van der Waals surface area contributed by atoms with Gasteiger partial charge in [0.05, 0.1) is 0 Å². The van der Waals surface area contributed by atoms with Crippen molar-refractivity contribution in [1.29, 1.82) is 0 Å². The van der Waals surface area contributed by atoms with E-state index < -0.39 is 0 Å². The molecule has 0 saturated heterocycles. The summed E-state index contributed by atoms with van der Waals surface area (Å²) >= 11 is 0. The highest BCUT2D eigenvalue weighted by Gasteiger charge is 2.28. The lowest BCUT2D eigenvalue weighted by Crippen LogP contribution is -2.19. The lowest BCUT2D eigenvalue weighted by molar-refractivity contribution is 0.214. The second-order valence-corrected chi connectivity index (χ2v) is 3.37. The van der Waals surface area contributed by atoms with Crippen LogP contribution in [0.1, 0.15) is 17.2 Å². The van der Waals surface area contributed by atoms with Crippen molar-refractivity contribution >= 4 is 12.4 Å². The van der Waals surface area contributed by atoms with Crippen LogP contribution < -0.4 is 5.73 Å². The first kappa shape index (κ1) is 10.5. The first-order valence-electron chi connectivity index (χ1n) is 4.27. The molecule has 0 amide bonds. The van der Waals surface area contributed by atoms with Gasteiger partial charge in [0.25, 0.3) is 0 Å². The summed E-state index contributed by atoms with van der Waals surface area (Å²) < 4.78 is 0. The van der Waals surface area contributed by atoms with E-state index in [-0.39, 0.29) is 31.0 Å². The molecule has 1 aromatic rings. The van der Waals surface area contributed by atoms with Gasteiger partial charge in [0, 0.05) is 18.6 Å². The molecule has 0 radical (unpaired) electrons. The zero-order valence-electron chi connectivity index (χ0n) is 7.31. The van der Waals surface area contributed by atoms with Gasteiger partial charge in [0.2, 0.25) is 0 Å². The largest absolute Gasteiger partial charge is 0.396 e. The fraction of sp³-hybridized carbons (Fsp3) is 0.400. The molecule has 0 bridgehead atoms. The summed E-state index contributed by atoms with van der Waals surface area (Å²) in [5.41, 5.74) is 8.44. The highest BCUT2D eigenvalue weighted by Crippen LogP contribution is 2.33. The maximum Gasteiger partial charge on any atom is 0.0480 e. The number of nitrogens with two attached hydrogens (primary N) is 1. The van der Waals surface area contributed by atoms with Gasteiger partial charge < -0.3 is 10.8 Å². The van der Waals surface area contributed by atoms with Crippen LogP contribution in [0.4, 0.5) is 0 Å². The van der Waals surface area contributed by atoms with E-state index in [0.717, 1.165) is 6.42 Å². The number of hydrogen-bond acceptors (Lipinski definition) is 2. The number of benzene rings is 1. The van der Waals surface area contributed by atoms with Crippen LogP contribution in [-0.4, -0.2) is 11.7 Å². The van der Waals surface area contributed by atoms with E-state index in [9.17, 15) is 0 Å².